The highest BCUT2D eigenvalue weighted by Crippen LogP contribution is 2.31. The molecule has 0 radical (unpaired) electrons. The third kappa shape index (κ3) is 6.66. The van der Waals surface area contributed by atoms with Crippen LogP contribution in [-0.2, 0) is 29.0 Å². The molecule has 40 heavy (non-hydrogen) atoms. The zero-order valence-corrected chi connectivity index (χ0v) is 24.0. The van der Waals surface area contributed by atoms with E-state index in [2.05, 4.69) is 9.84 Å². The number of hydrogen-bond acceptors (Lipinski definition) is 8. The van der Waals surface area contributed by atoms with Gasteiger partial charge in [-0.2, -0.15) is 5.10 Å². The molecule has 11 nitrogen and oxygen atoms in total. The maximum atomic E-state index is 13.9. The number of likely N-dealkylation sites (N-methyl/N-ethyl adjacent to an activating group) is 1. The minimum Gasteiger partial charge on any atom is -0.496 e. The second-order valence-electron chi connectivity index (χ2n) is 8.82. The van der Waals surface area contributed by atoms with E-state index >= 15 is 0 Å². The second kappa shape index (κ2) is 14.0. The zero-order valence-electron chi connectivity index (χ0n) is 23.2. The van der Waals surface area contributed by atoms with Crippen molar-refractivity contribution in [2.45, 2.75) is 33.4 Å². The van der Waals surface area contributed by atoms with Gasteiger partial charge in [0.05, 0.1) is 25.7 Å². The lowest BCUT2D eigenvalue weighted by molar-refractivity contribution is -0.130. The van der Waals surface area contributed by atoms with Gasteiger partial charge in [-0.3, -0.25) is 18.7 Å². The van der Waals surface area contributed by atoms with Gasteiger partial charge >= 0.3 is 5.69 Å². The summed E-state index contributed by atoms with van der Waals surface area (Å²) >= 11 is 1.27. The Morgan fingerprint density at radius 3 is 2.55 bits per heavy atom. The van der Waals surface area contributed by atoms with Crippen molar-refractivity contribution in [3.63, 3.8) is 0 Å². The molecular formula is C27H34FN5O6S. The molecule has 4 rings (SSSR count). The normalized spacial score (nSPS) is 10.9. The Labute approximate surface area is 234 Å². The van der Waals surface area contributed by atoms with E-state index in [0.717, 1.165) is 4.57 Å². The highest BCUT2D eigenvalue weighted by Gasteiger charge is 2.23. The minimum atomic E-state index is -0.594. The van der Waals surface area contributed by atoms with Crippen LogP contribution in [-0.4, -0.2) is 75.9 Å². The number of aliphatic hydroxyl groups excluding tert-OH is 1. The first-order chi connectivity index (χ1) is 19.2. The first-order valence-electron chi connectivity index (χ1n) is 12.6. The predicted octanol–water partition coefficient (Wildman–Crippen LogP) is 2.21. The van der Waals surface area contributed by atoms with Gasteiger partial charge < -0.3 is 19.5 Å². The van der Waals surface area contributed by atoms with Gasteiger partial charge in [0.1, 0.15) is 27.9 Å². The second-order valence-corrected chi connectivity index (χ2v) is 9.80. The highest BCUT2D eigenvalue weighted by molar-refractivity contribution is 7.21. The molecule has 216 valence electrons. The summed E-state index contributed by atoms with van der Waals surface area (Å²) in [6.07, 6.45) is 3.67. The molecule has 0 bridgehead atoms. The third-order valence-corrected chi connectivity index (χ3v) is 7.62. The van der Waals surface area contributed by atoms with Crippen LogP contribution in [0.2, 0.25) is 0 Å². The molecule has 0 aliphatic carbocycles. The Morgan fingerprint density at radius 1 is 1.23 bits per heavy atom. The number of aliphatic hydroxyl groups is 1. The fourth-order valence-electron chi connectivity index (χ4n) is 4.03. The maximum absolute atomic E-state index is 13.9. The summed E-state index contributed by atoms with van der Waals surface area (Å²) in [5.41, 5.74) is 0.145. The van der Waals surface area contributed by atoms with Crippen LogP contribution in [0.15, 0.2) is 46.2 Å². The van der Waals surface area contributed by atoms with E-state index in [1.54, 1.807) is 44.2 Å². The quantitative estimate of drug-likeness (QED) is 0.308. The molecule has 0 aliphatic heterocycles. The fraction of sp³-hybridized carbons (Fsp3) is 0.407. The van der Waals surface area contributed by atoms with Gasteiger partial charge in [-0.05, 0) is 50.1 Å². The Hall–Kier alpha value is -3.81. The first kappa shape index (κ1) is 30.7. The van der Waals surface area contributed by atoms with E-state index in [4.69, 9.17) is 9.84 Å². The van der Waals surface area contributed by atoms with Crippen molar-refractivity contribution in [3.05, 3.63) is 74.4 Å². The number of methoxy groups -OCH3 is 2. The number of ether oxygens (including phenoxy) is 2. The molecule has 0 fully saturated rings. The summed E-state index contributed by atoms with van der Waals surface area (Å²) in [6, 6.07) is 5.98. The summed E-state index contributed by atoms with van der Waals surface area (Å²) < 4.78 is 27.8. The largest absolute Gasteiger partial charge is 0.496 e. The summed E-state index contributed by atoms with van der Waals surface area (Å²) in [5.74, 6) is -0.252. The molecular weight excluding hydrogens is 541 g/mol. The van der Waals surface area contributed by atoms with Crippen LogP contribution in [0, 0.1) is 12.7 Å². The summed E-state index contributed by atoms with van der Waals surface area (Å²) in [7, 11) is 4.67. The van der Waals surface area contributed by atoms with E-state index in [-0.39, 0.29) is 32.0 Å². The van der Waals surface area contributed by atoms with Gasteiger partial charge in [0.2, 0.25) is 5.91 Å². The van der Waals surface area contributed by atoms with Crippen molar-refractivity contribution in [2.24, 2.45) is 0 Å². The molecule has 0 saturated carbocycles. The summed E-state index contributed by atoms with van der Waals surface area (Å²) in [4.78, 5) is 41.5. The Kier molecular flexibility index (Phi) is 10.8. The van der Waals surface area contributed by atoms with E-state index in [1.807, 2.05) is 6.92 Å². The molecule has 13 heteroatoms. The molecule has 0 saturated heterocycles. The van der Waals surface area contributed by atoms with E-state index in [0.29, 0.717) is 45.2 Å². The van der Waals surface area contributed by atoms with E-state index in [1.165, 1.54) is 46.1 Å². The predicted molar refractivity (Wildman–Crippen MR) is 151 cm³/mol. The number of rotatable bonds is 10. The number of halogens is 1. The van der Waals surface area contributed by atoms with E-state index < -0.39 is 17.1 Å². The molecule has 0 spiro atoms. The van der Waals surface area contributed by atoms with Gasteiger partial charge in [0.15, 0.2) is 0 Å². The van der Waals surface area contributed by atoms with Crippen LogP contribution >= 0.6 is 11.3 Å². The van der Waals surface area contributed by atoms with Crippen molar-refractivity contribution in [2.75, 3.05) is 41.0 Å². The number of thiophene rings is 1. The lowest BCUT2D eigenvalue weighted by Crippen LogP contribution is -2.44. The van der Waals surface area contributed by atoms with Crippen LogP contribution in [0.1, 0.15) is 18.1 Å². The van der Waals surface area contributed by atoms with Gasteiger partial charge in [-0.15, -0.1) is 0 Å². The molecule has 3 heterocycles. The summed E-state index contributed by atoms with van der Waals surface area (Å²) in [5, 5.41) is 13.3. The van der Waals surface area contributed by atoms with Crippen molar-refractivity contribution in [1.29, 1.82) is 0 Å². The zero-order chi connectivity index (χ0) is 29.4. The van der Waals surface area contributed by atoms with Crippen molar-refractivity contribution >= 4 is 27.5 Å². The first-order valence-corrected chi connectivity index (χ1v) is 13.4. The molecule has 1 N–H and O–H groups in total. The lowest BCUT2D eigenvalue weighted by atomic mass is 10.1. The molecule has 1 amide bonds. The van der Waals surface area contributed by atoms with Crippen molar-refractivity contribution in [3.8, 4) is 10.8 Å². The highest BCUT2D eigenvalue weighted by atomic mass is 32.1. The molecule has 0 atom stereocenters. The monoisotopic (exact) mass is 575 g/mol. The van der Waals surface area contributed by atoms with Crippen LogP contribution in [0.4, 0.5) is 4.39 Å². The number of amides is 1. The number of aryl methyl sites for hydroxylation is 3. The van der Waals surface area contributed by atoms with Crippen LogP contribution in [0.5, 0.6) is 5.75 Å². The van der Waals surface area contributed by atoms with Crippen molar-refractivity contribution < 1.29 is 23.8 Å². The minimum absolute atomic E-state index is 0.122. The number of aromatic nitrogens is 4. The number of nitrogens with zero attached hydrogens (tertiary/aromatic N) is 5. The smallest absolute Gasteiger partial charge is 0.332 e. The lowest BCUT2D eigenvalue weighted by Gasteiger charge is -2.17. The van der Waals surface area contributed by atoms with Crippen LogP contribution < -0.4 is 16.0 Å². The molecule has 1 aromatic carbocycles. The average Bonchev–Trinajstić information content (AvgIpc) is 3.59. The summed E-state index contributed by atoms with van der Waals surface area (Å²) in [6.45, 7) is 4.42. The Balaban J connectivity index is 0.000000810. The van der Waals surface area contributed by atoms with Gasteiger partial charge in [0.25, 0.3) is 5.56 Å². The molecule has 3 aromatic heterocycles. The van der Waals surface area contributed by atoms with E-state index in [9.17, 15) is 18.8 Å². The van der Waals surface area contributed by atoms with Gasteiger partial charge in [0, 0.05) is 45.2 Å². The van der Waals surface area contributed by atoms with Gasteiger partial charge in [-0.25, -0.2) is 13.9 Å². The number of carbonyl (C=O) groups is 1. The number of carbonyl (C=O) groups excluding carboxylic acids is 1. The average molecular weight is 576 g/mol. The molecule has 4 aromatic rings. The number of fused-ring (bicyclic) bond motifs is 1. The Bertz CT molecular complexity index is 1560. The van der Waals surface area contributed by atoms with Crippen LogP contribution in [0.25, 0.3) is 15.2 Å². The van der Waals surface area contributed by atoms with Crippen molar-refractivity contribution in [1.82, 2.24) is 23.8 Å². The maximum Gasteiger partial charge on any atom is 0.332 e. The molecule has 0 unspecified atom stereocenters. The standard InChI is InChI=1S/C24H26FN5O4S.C3H8O2/c1-5-27(3)19(31)14-29-21(32)20-15(2)22(30-11-6-10-26-30)35-23(20)28(24(29)33)12-9-16-13-17(25)7-8-18(16)34-4;1-5-3-2-4/h6-8,10-11,13H,5,9,12,14H2,1-4H3;4H,2-3H2,1H3. The third-order valence-electron chi connectivity index (χ3n) is 6.32. The molecule has 0 aliphatic rings. The van der Waals surface area contributed by atoms with Crippen LogP contribution in [0.3, 0.4) is 0 Å². The fourth-order valence-corrected chi connectivity index (χ4v) is 5.29. The SMILES string of the molecule is CCN(C)C(=O)Cn1c(=O)c2c(C)c(-n3cccn3)sc2n(CCc2cc(F)ccc2OC)c1=O.COCCO. The Morgan fingerprint density at radius 2 is 1.98 bits per heavy atom. The topological polar surface area (TPSA) is 121 Å². The number of hydrogen-bond donors (Lipinski definition) is 1. The van der Waals surface area contributed by atoms with Gasteiger partial charge in [-0.1, -0.05) is 11.3 Å². The number of benzene rings is 1.